The van der Waals surface area contributed by atoms with Crippen LogP contribution in [0.15, 0.2) is 29.6 Å². The number of aromatic nitrogens is 1. The predicted molar refractivity (Wildman–Crippen MR) is 54.5 cm³/mol. The molecule has 1 aromatic heterocycles. The summed E-state index contributed by atoms with van der Waals surface area (Å²) in [4.78, 5) is 3.95. The smallest absolute Gasteiger partial charge is 0.0673 e. The summed E-state index contributed by atoms with van der Waals surface area (Å²) >= 11 is 0. The van der Waals surface area contributed by atoms with Gasteiger partial charge in [-0.2, -0.15) is 5.10 Å². The Balaban J connectivity index is 2.69. The molecule has 0 unspecified atom stereocenters. The van der Waals surface area contributed by atoms with Crippen molar-refractivity contribution in [2.45, 2.75) is 26.2 Å². The molecule has 0 radical (unpaired) electrons. The first kappa shape index (κ1) is 9.71. The van der Waals surface area contributed by atoms with E-state index in [9.17, 15) is 0 Å². The molecule has 0 atom stereocenters. The maximum atomic E-state index is 5.31. The molecule has 0 aliphatic rings. The Labute approximate surface area is 78.7 Å². The van der Waals surface area contributed by atoms with Crippen LogP contribution in [0.5, 0.6) is 0 Å². The van der Waals surface area contributed by atoms with Gasteiger partial charge in [0.15, 0.2) is 0 Å². The van der Waals surface area contributed by atoms with Gasteiger partial charge in [-0.05, 0) is 25.0 Å². The molecule has 0 amide bonds. The van der Waals surface area contributed by atoms with Crippen molar-refractivity contribution in [1.82, 2.24) is 4.98 Å². The van der Waals surface area contributed by atoms with Crippen LogP contribution in [0.3, 0.4) is 0 Å². The van der Waals surface area contributed by atoms with Crippen molar-refractivity contribution >= 4 is 5.71 Å². The van der Waals surface area contributed by atoms with Crippen LogP contribution in [0.2, 0.25) is 0 Å². The van der Waals surface area contributed by atoms with Gasteiger partial charge in [-0.1, -0.05) is 13.3 Å². The van der Waals surface area contributed by atoms with E-state index in [0.717, 1.165) is 30.5 Å². The number of hydrogen-bond acceptors (Lipinski definition) is 3. The van der Waals surface area contributed by atoms with Gasteiger partial charge in [0.05, 0.1) is 5.71 Å². The minimum atomic E-state index is 0.941. The molecule has 3 heteroatoms. The third-order valence-corrected chi connectivity index (χ3v) is 1.94. The largest absolute Gasteiger partial charge is 0.323 e. The summed E-state index contributed by atoms with van der Waals surface area (Å²) in [5.41, 5.74) is 2.04. The first-order chi connectivity index (χ1) is 6.38. The molecule has 0 aromatic carbocycles. The van der Waals surface area contributed by atoms with Crippen molar-refractivity contribution < 1.29 is 0 Å². The lowest BCUT2D eigenvalue weighted by atomic mass is 10.1. The molecule has 0 aliphatic carbocycles. The van der Waals surface area contributed by atoms with Gasteiger partial charge in [0.1, 0.15) is 0 Å². The van der Waals surface area contributed by atoms with Crippen molar-refractivity contribution in [2.75, 3.05) is 0 Å². The van der Waals surface area contributed by atoms with Gasteiger partial charge in [-0.3, -0.25) is 4.98 Å². The lowest BCUT2D eigenvalue weighted by Gasteiger charge is -2.02. The molecule has 0 saturated carbocycles. The highest BCUT2D eigenvalue weighted by atomic mass is 15.1. The Kier molecular flexibility index (Phi) is 3.96. The van der Waals surface area contributed by atoms with Crippen molar-refractivity contribution in [1.29, 1.82) is 0 Å². The first-order valence-electron chi connectivity index (χ1n) is 4.55. The van der Waals surface area contributed by atoms with Gasteiger partial charge in [0.25, 0.3) is 0 Å². The fourth-order valence-corrected chi connectivity index (χ4v) is 1.17. The molecule has 2 N–H and O–H groups in total. The Morgan fingerprint density at radius 3 is 2.69 bits per heavy atom. The van der Waals surface area contributed by atoms with Crippen LogP contribution >= 0.6 is 0 Å². The van der Waals surface area contributed by atoms with E-state index >= 15 is 0 Å². The van der Waals surface area contributed by atoms with Crippen molar-refractivity contribution in [2.24, 2.45) is 10.9 Å². The van der Waals surface area contributed by atoms with Crippen LogP contribution in [0.25, 0.3) is 0 Å². The summed E-state index contributed by atoms with van der Waals surface area (Å²) in [6, 6.07) is 3.86. The van der Waals surface area contributed by atoms with Gasteiger partial charge in [0.2, 0.25) is 0 Å². The Morgan fingerprint density at radius 1 is 1.46 bits per heavy atom. The van der Waals surface area contributed by atoms with Crippen LogP contribution < -0.4 is 5.84 Å². The van der Waals surface area contributed by atoms with E-state index in [0.29, 0.717) is 0 Å². The van der Waals surface area contributed by atoms with Crippen molar-refractivity contribution in [3.63, 3.8) is 0 Å². The minimum absolute atomic E-state index is 0.941. The second kappa shape index (κ2) is 5.30. The van der Waals surface area contributed by atoms with E-state index < -0.39 is 0 Å². The van der Waals surface area contributed by atoms with E-state index in [4.69, 9.17) is 5.84 Å². The zero-order valence-electron chi connectivity index (χ0n) is 7.90. The quantitative estimate of drug-likeness (QED) is 0.434. The molecule has 0 aliphatic heterocycles. The van der Waals surface area contributed by atoms with Crippen LogP contribution in [0, 0.1) is 0 Å². The number of unbranched alkanes of at least 4 members (excludes halogenated alkanes) is 1. The van der Waals surface area contributed by atoms with Gasteiger partial charge in [-0.15, -0.1) is 0 Å². The van der Waals surface area contributed by atoms with Crippen LogP contribution in [0.4, 0.5) is 0 Å². The molecule has 0 fully saturated rings. The van der Waals surface area contributed by atoms with Gasteiger partial charge in [-0.25, -0.2) is 0 Å². The maximum absolute atomic E-state index is 5.31. The molecule has 0 bridgehead atoms. The molecule has 0 spiro atoms. The molecular weight excluding hydrogens is 162 g/mol. The summed E-state index contributed by atoms with van der Waals surface area (Å²) in [7, 11) is 0. The predicted octanol–water partition coefficient (Wildman–Crippen LogP) is 1.93. The Hall–Kier alpha value is -1.38. The number of hydrogen-bond donors (Lipinski definition) is 1. The Bertz CT molecular complexity index is 267. The van der Waals surface area contributed by atoms with E-state index in [1.54, 1.807) is 12.4 Å². The van der Waals surface area contributed by atoms with Crippen molar-refractivity contribution in [3.8, 4) is 0 Å². The lowest BCUT2D eigenvalue weighted by Crippen LogP contribution is -2.04. The third-order valence-electron chi connectivity index (χ3n) is 1.94. The average molecular weight is 177 g/mol. The number of pyridine rings is 1. The summed E-state index contributed by atoms with van der Waals surface area (Å²) in [6.45, 7) is 2.15. The number of nitrogens with zero attached hydrogens (tertiary/aromatic N) is 2. The fourth-order valence-electron chi connectivity index (χ4n) is 1.17. The molecule has 1 rings (SSSR count). The number of nitrogens with two attached hydrogens (primary N) is 1. The molecular formula is C10H15N3. The first-order valence-corrected chi connectivity index (χ1v) is 4.55. The SMILES string of the molecule is CCCCC(=NN)c1ccncc1. The molecule has 3 nitrogen and oxygen atoms in total. The fraction of sp³-hybridized carbons (Fsp3) is 0.400. The van der Waals surface area contributed by atoms with E-state index in [1.807, 2.05) is 12.1 Å². The monoisotopic (exact) mass is 177 g/mol. The number of hydrazone groups is 1. The Morgan fingerprint density at radius 2 is 2.15 bits per heavy atom. The maximum Gasteiger partial charge on any atom is 0.0673 e. The normalized spacial score (nSPS) is 11.6. The second-order valence-electron chi connectivity index (χ2n) is 2.92. The lowest BCUT2D eigenvalue weighted by molar-refractivity contribution is 0.832. The van der Waals surface area contributed by atoms with Crippen LogP contribution in [-0.4, -0.2) is 10.7 Å². The summed E-state index contributed by atoms with van der Waals surface area (Å²) in [6.07, 6.45) is 6.73. The van der Waals surface area contributed by atoms with Gasteiger partial charge < -0.3 is 5.84 Å². The topological polar surface area (TPSA) is 51.3 Å². The standard InChI is InChI=1S/C10H15N3/c1-2-3-4-10(13-11)9-5-7-12-8-6-9/h5-8H,2-4,11H2,1H3. The zero-order chi connectivity index (χ0) is 9.52. The zero-order valence-corrected chi connectivity index (χ0v) is 7.90. The highest BCUT2D eigenvalue weighted by Gasteiger charge is 2.01. The van der Waals surface area contributed by atoms with Gasteiger partial charge >= 0.3 is 0 Å². The van der Waals surface area contributed by atoms with Gasteiger partial charge in [0, 0.05) is 18.0 Å². The highest BCUT2D eigenvalue weighted by molar-refractivity contribution is 6.00. The average Bonchev–Trinajstić information content (AvgIpc) is 2.21. The molecule has 70 valence electrons. The summed E-state index contributed by atoms with van der Waals surface area (Å²) in [5, 5.41) is 3.78. The molecule has 0 saturated heterocycles. The molecule has 1 aromatic rings. The summed E-state index contributed by atoms with van der Waals surface area (Å²) in [5.74, 6) is 5.31. The number of rotatable bonds is 4. The van der Waals surface area contributed by atoms with E-state index in [2.05, 4.69) is 17.0 Å². The van der Waals surface area contributed by atoms with Crippen LogP contribution in [-0.2, 0) is 0 Å². The highest BCUT2D eigenvalue weighted by Crippen LogP contribution is 2.05. The van der Waals surface area contributed by atoms with E-state index in [-0.39, 0.29) is 0 Å². The van der Waals surface area contributed by atoms with E-state index in [1.165, 1.54) is 0 Å². The molecule has 1 heterocycles. The second-order valence-corrected chi connectivity index (χ2v) is 2.92. The van der Waals surface area contributed by atoms with Crippen LogP contribution in [0.1, 0.15) is 31.7 Å². The van der Waals surface area contributed by atoms with Crippen molar-refractivity contribution in [3.05, 3.63) is 30.1 Å². The summed E-state index contributed by atoms with van der Waals surface area (Å²) < 4.78 is 0. The minimum Gasteiger partial charge on any atom is -0.323 e. The molecule has 13 heavy (non-hydrogen) atoms. The third kappa shape index (κ3) is 2.86.